The van der Waals surface area contributed by atoms with Crippen LogP contribution in [0.2, 0.25) is 0 Å². The molecule has 0 aromatic carbocycles. The van der Waals surface area contributed by atoms with Crippen LogP contribution >= 0.6 is 15.9 Å². The highest BCUT2D eigenvalue weighted by Gasteiger charge is 2.75. The van der Waals surface area contributed by atoms with Gasteiger partial charge >= 0.3 is 5.97 Å². The number of hydrogen-bond acceptors (Lipinski definition) is 7. The standard InChI is InChI=1S/C28H40BrN3O7/c1-5-6-11-31-12-9-7-8-10-20(34)30-14-17(4)38-27(37)21-22-25(35)32(19(15-33)16(2)3)24(26(31)36)28(22)13-18(29)23(21)39-28/h7,9,13,16-17,19,21-24,33H,5-6,8,10-12,14-15H2,1-4H3,(H,30,34)/b9-7-/t17-,19+,21+,22-,23+,24+,28-/m1/s1. The van der Waals surface area contributed by atoms with E-state index in [-0.39, 0.29) is 37.3 Å². The zero-order valence-electron chi connectivity index (χ0n) is 23.1. The van der Waals surface area contributed by atoms with Crippen LogP contribution in [0.25, 0.3) is 0 Å². The molecule has 39 heavy (non-hydrogen) atoms. The van der Waals surface area contributed by atoms with Crippen molar-refractivity contribution in [3.63, 3.8) is 0 Å². The third-order valence-corrected chi connectivity index (χ3v) is 8.89. The molecule has 0 aromatic rings. The van der Waals surface area contributed by atoms with Crippen LogP contribution < -0.4 is 5.32 Å². The van der Waals surface area contributed by atoms with Gasteiger partial charge in [0.05, 0.1) is 25.1 Å². The number of nitrogens with one attached hydrogen (secondary N) is 1. The van der Waals surface area contributed by atoms with Gasteiger partial charge < -0.3 is 29.7 Å². The number of amides is 3. The quantitative estimate of drug-likeness (QED) is 0.348. The van der Waals surface area contributed by atoms with Crippen molar-refractivity contribution < 1.29 is 33.8 Å². The average molecular weight is 611 g/mol. The molecule has 216 valence electrons. The molecular formula is C28H40BrN3O7. The number of halogens is 1. The Labute approximate surface area is 238 Å². The van der Waals surface area contributed by atoms with E-state index in [1.807, 2.05) is 32.9 Å². The molecule has 5 bridgehead atoms. The van der Waals surface area contributed by atoms with Crippen LogP contribution in [0.1, 0.15) is 53.4 Å². The van der Waals surface area contributed by atoms with E-state index < -0.39 is 53.6 Å². The van der Waals surface area contributed by atoms with E-state index in [1.54, 1.807) is 17.9 Å². The molecule has 0 radical (unpaired) electrons. The first-order valence-electron chi connectivity index (χ1n) is 14.0. The van der Waals surface area contributed by atoms with Crippen molar-refractivity contribution in [1.29, 1.82) is 0 Å². The summed E-state index contributed by atoms with van der Waals surface area (Å²) in [7, 11) is 0. The number of fused-ring (bicyclic) bond motifs is 2. The lowest BCUT2D eigenvalue weighted by molar-refractivity contribution is -0.159. The van der Waals surface area contributed by atoms with Crippen molar-refractivity contribution in [2.45, 2.75) is 83.3 Å². The summed E-state index contributed by atoms with van der Waals surface area (Å²) in [5, 5.41) is 13.2. The number of likely N-dealkylation sites (tertiary alicyclic amines) is 1. The van der Waals surface area contributed by atoms with E-state index in [1.165, 1.54) is 4.90 Å². The molecule has 10 nitrogen and oxygen atoms in total. The van der Waals surface area contributed by atoms with Crippen molar-refractivity contribution in [3.05, 3.63) is 22.7 Å². The minimum absolute atomic E-state index is 0.144. The number of carbonyl (C=O) groups excluding carboxylic acids is 4. The maximum atomic E-state index is 14.4. The molecule has 0 unspecified atom stereocenters. The molecule has 2 saturated heterocycles. The molecule has 7 atom stereocenters. The highest BCUT2D eigenvalue weighted by atomic mass is 79.9. The Hall–Kier alpha value is -2.24. The summed E-state index contributed by atoms with van der Waals surface area (Å²) in [5.41, 5.74) is -1.37. The van der Waals surface area contributed by atoms with Gasteiger partial charge in [0.15, 0.2) is 0 Å². The predicted octanol–water partition coefficient (Wildman–Crippen LogP) is 1.90. The molecule has 3 amide bonds. The molecule has 4 rings (SSSR count). The zero-order chi connectivity index (χ0) is 28.5. The highest BCUT2D eigenvalue weighted by Crippen LogP contribution is 2.59. The van der Waals surface area contributed by atoms with Crippen LogP contribution in [0, 0.1) is 17.8 Å². The number of nitrogens with zero attached hydrogens (tertiary/aromatic N) is 2. The summed E-state index contributed by atoms with van der Waals surface area (Å²) in [4.78, 5) is 57.7. The summed E-state index contributed by atoms with van der Waals surface area (Å²) in [5.74, 6) is -3.55. The Balaban J connectivity index is 1.83. The Morgan fingerprint density at radius 3 is 2.62 bits per heavy atom. The topological polar surface area (TPSA) is 125 Å². The summed E-state index contributed by atoms with van der Waals surface area (Å²) < 4.78 is 12.8. The number of allylic oxidation sites excluding steroid dienone is 1. The first-order chi connectivity index (χ1) is 18.6. The number of aliphatic hydroxyl groups is 1. The normalized spacial score (nSPS) is 35.2. The van der Waals surface area contributed by atoms with Crippen molar-refractivity contribution in [2.75, 3.05) is 26.2 Å². The Bertz CT molecular complexity index is 1050. The van der Waals surface area contributed by atoms with Gasteiger partial charge in [0.1, 0.15) is 29.8 Å². The number of carbonyl (C=O) groups is 4. The summed E-state index contributed by atoms with van der Waals surface area (Å²) in [6, 6.07) is -1.69. The molecule has 11 heteroatoms. The number of rotatable bonds is 6. The van der Waals surface area contributed by atoms with Gasteiger partial charge in [-0.2, -0.15) is 0 Å². The lowest BCUT2D eigenvalue weighted by Gasteiger charge is -2.40. The highest BCUT2D eigenvalue weighted by molar-refractivity contribution is 9.11. The molecular weight excluding hydrogens is 570 g/mol. The van der Waals surface area contributed by atoms with Crippen LogP contribution in [-0.4, -0.2) is 94.7 Å². The van der Waals surface area contributed by atoms with Gasteiger partial charge in [-0.15, -0.1) is 0 Å². The first-order valence-corrected chi connectivity index (χ1v) is 14.8. The smallest absolute Gasteiger partial charge is 0.313 e. The fourth-order valence-corrected chi connectivity index (χ4v) is 6.93. The van der Waals surface area contributed by atoms with Crippen LogP contribution in [0.3, 0.4) is 0 Å². The van der Waals surface area contributed by atoms with Crippen LogP contribution in [0.4, 0.5) is 0 Å². The Morgan fingerprint density at radius 2 is 1.95 bits per heavy atom. The van der Waals surface area contributed by atoms with Crippen LogP contribution in [-0.2, 0) is 28.7 Å². The van der Waals surface area contributed by atoms with Gasteiger partial charge in [0.2, 0.25) is 17.7 Å². The Kier molecular flexibility index (Phi) is 9.22. The van der Waals surface area contributed by atoms with Gasteiger partial charge in [-0.25, -0.2) is 0 Å². The minimum atomic E-state index is -1.37. The second-order valence-electron chi connectivity index (χ2n) is 11.3. The summed E-state index contributed by atoms with van der Waals surface area (Å²) >= 11 is 3.54. The third-order valence-electron chi connectivity index (χ3n) is 8.21. The molecule has 0 saturated carbocycles. The second-order valence-corrected chi connectivity index (χ2v) is 12.2. The lowest BCUT2D eigenvalue weighted by Crippen LogP contribution is -2.59. The van der Waals surface area contributed by atoms with E-state index in [4.69, 9.17) is 9.47 Å². The van der Waals surface area contributed by atoms with E-state index in [9.17, 15) is 24.3 Å². The fourth-order valence-electron chi connectivity index (χ4n) is 6.19. The third kappa shape index (κ3) is 5.41. The molecule has 1 spiro atoms. The number of aliphatic hydroxyl groups excluding tert-OH is 1. The minimum Gasteiger partial charge on any atom is -0.460 e. The van der Waals surface area contributed by atoms with Gasteiger partial charge in [-0.05, 0) is 31.8 Å². The number of esters is 1. The van der Waals surface area contributed by atoms with Crippen molar-refractivity contribution in [3.8, 4) is 0 Å². The predicted molar refractivity (Wildman–Crippen MR) is 146 cm³/mol. The molecule has 4 aliphatic heterocycles. The van der Waals surface area contributed by atoms with Crippen molar-refractivity contribution >= 4 is 39.6 Å². The average Bonchev–Trinajstić information content (AvgIpc) is 3.47. The molecule has 4 heterocycles. The lowest BCUT2D eigenvalue weighted by atomic mass is 9.74. The molecule has 2 N–H and O–H groups in total. The number of cyclic esters (lactones) is 1. The van der Waals surface area contributed by atoms with Gasteiger partial charge in [-0.3, -0.25) is 19.2 Å². The summed E-state index contributed by atoms with van der Waals surface area (Å²) in [6.45, 7) is 8.10. The zero-order valence-corrected chi connectivity index (χ0v) is 24.7. The van der Waals surface area contributed by atoms with Crippen LogP contribution in [0.5, 0.6) is 0 Å². The van der Waals surface area contributed by atoms with Gasteiger partial charge in [0, 0.05) is 24.0 Å². The molecule has 4 aliphatic rings. The largest absolute Gasteiger partial charge is 0.460 e. The second kappa shape index (κ2) is 12.1. The van der Waals surface area contributed by atoms with Crippen molar-refractivity contribution in [2.24, 2.45) is 17.8 Å². The Morgan fingerprint density at radius 1 is 1.21 bits per heavy atom. The number of hydrogen-bond donors (Lipinski definition) is 2. The maximum Gasteiger partial charge on any atom is 0.313 e. The monoisotopic (exact) mass is 609 g/mol. The molecule has 0 aromatic heterocycles. The SMILES string of the molecule is CCCCN1C/C=C\CCC(=O)NC[C@@H](C)OC(=O)[C@@H]2[C@H]3O[C@@]4(C=C3Br)[C@H](C1=O)N([C@@H](CO)C(C)C)C(=O)[C@@H]24. The molecule has 2 fully saturated rings. The van der Waals surface area contributed by atoms with E-state index in [0.29, 0.717) is 24.0 Å². The van der Waals surface area contributed by atoms with Crippen LogP contribution in [0.15, 0.2) is 22.7 Å². The van der Waals surface area contributed by atoms with Crippen molar-refractivity contribution in [1.82, 2.24) is 15.1 Å². The molecule has 0 aliphatic carbocycles. The number of unbranched alkanes of at least 4 members (excludes halogenated alkanes) is 1. The van der Waals surface area contributed by atoms with Gasteiger partial charge in [0.25, 0.3) is 0 Å². The van der Waals surface area contributed by atoms with E-state index in [2.05, 4.69) is 21.2 Å². The van der Waals surface area contributed by atoms with E-state index >= 15 is 0 Å². The number of ether oxygens (including phenoxy) is 2. The summed E-state index contributed by atoms with van der Waals surface area (Å²) in [6.07, 6.45) is 6.54. The fraction of sp³-hybridized carbons (Fsp3) is 0.714. The van der Waals surface area contributed by atoms with E-state index in [0.717, 1.165) is 12.8 Å². The first kappa shape index (κ1) is 29.7. The van der Waals surface area contributed by atoms with Gasteiger partial charge in [-0.1, -0.05) is 55.3 Å². The maximum absolute atomic E-state index is 14.4.